The standard InChI is InChI=1S/C33H47NO4S/c1-3-4-22-5-7-26(8-6-22)27-9-11-28(12-10-27)30(35)21-38-31(36)29(13-14-39-2)34-32(37)33-18-23-15-24(19-33)17-25(16-23)20-33/h9-12,22-26,29H,3-8,13-21H2,1-2H3,(H,34,37)/t22?,23?,24?,25?,26?,29-,33?/m1/s1. The summed E-state index contributed by atoms with van der Waals surface area (Å²) in [5.74, 6) is 3.55. The van der Waals surface area contributed by atoms with Gasteiger partial charge in [-0.2, -0.15) is 11.8 Å². The van der Waals surface area contributed by atoms with Gasteiger partial charge in [0.2, 0.25) is 5.91 Å². The second kappa shape index (κ2) is 12.8. The maximum Gasteiger partial charge on any atom is 0.329 e. The molecule has 0 radical (unpaired) electrons. The first-order valence-electron chi connectivity index (χ1n) is 15.5. The van der Waals surface area contributed by atoms with E-state index in [2.05, 4.69) is 24.4 Å². The van der Waals surface area contributed by atoms with Crippen molar-refractivity contribution in [2.24, 2.45) is 29.1 Å². The largest absolute Gasteiger partial charge is 0.456 e. The lowest BCUT2D eigenvalue weighted by molar-refractivity contribution is -0.153. The summed E-state index contributed by atoms with van der Waals surface area (Å²) in [4.78, 5) is 39.5. The molecule has 0 aromatic heterocycles. The van der Waals surface area contributed by atoms with Crippen LogP contribution in [0.25, 0.3) is 0 Å². The molecule has 5 saturated carbocycles. The average molecular weight is 554 g/mol. The number of hydrogen-bond acceptors (Lipinski definition) is 5. The molecule has 5 nitrogen and oxygen atoms in total. The SMILES string of the molecule is CCCC1CCC(c2ccc(C(=O)COC(=O)[C@@H](CCSC)NC(=O)C34CC5CC(CC(C5)C3)C4)cc2)CC1. The molecule has 5 aliphatic rings. The zero-order valence-electron chi connectivity index (χ0n) is 23.9. The van der Waals surface area contributed by atoms with Crippen LogP contribution in [0.3, 0.4) is 0 Å². The molecule has 6 heteroatoms. The summed E-state index contributed by atoms with van der Waals surface area (Å²) < 4.78 is 5.51. The lowest BCUT2D eigenvalue weighted by Crippen LogP contribution is -2.56. The summed E-state index contributed by atoms with van der Waals surface area (Å²) in [6.45, 7) is 1.98. The minimum absolute atomic E-state index is 0.0373. The summed E-state index contributed by atoms with van der Waals surface area (Å²) in [5, 5.41) is 3.09. The highest BCUT2D eigenvalue weighted by atomic mass is 32.2. The number of amides is 1. The third-order valence-corrected chi connectivity index (χ3v) is 11.0. The van der Waals surface area contributed by atoms with E-state index in [0.717, 1.165) is 30.9 Å². The summed E-state index contributed by atoms with van der Waals surface area (Å²) in [5.41, 5.74) is 1.58. The maximum atomic E-state index is 13.6. The van der Waals surface area contributed by atoms with E-state index in [-0.39, 0.29) is 23.7 Å². The molecule has 4 bridgehead atoms. The van der Waals surface area contributed by atoms with E-state index in [0.29, 0.717) is 35.7 Å². The van der Waals surface area contributed by atoms with Crippen molar-refractivity contribution < 1.29 is 19.1 Å². The van der Waals surface area contributed by atoms with Gasteiger partial charge < -0.3 is 10.1 Å². The molecular formula is C33H47NO4S. The third kappa shape index (κ3) is 6.74. The van der Waals surface area contributed by atoms with Crippen LogP contribution in [0.15, 0.2) is 24.3 Å². The molecule has 214 valence electrons. The van der Waals surface area contributed by atoms with Crippen LogP contribution in [0.4, 0.5) is 0 Å². The van der Waals surface area contributed by atoms with Crippen LogP contribution in [-0.2, 0) is 14.3 Å². The van der Waals surface area contributed by atoms with Gasteiger partial charge in [0.25, 0.3) is 0 Å². The molecule has 1 N–H and O–H groups in total. The van der Waals surface area contributed by atoms with Crippen LogP contribution in [0, 0.1) is 29.1 Å². The van der Waals surface area contributed by atoms with Gasteiger partial charge >= 0.3 is 5.97 Å². The minimum Gasteiger partial charge on any atom is -0.456 e. The topological polar surface area (TPSA) is 72.5 Å². The Morgan fingerprint density at radius 3 is 2.15 bits per heavy atom. The van der Waals surface area contributed by atoms with E-state index in [4.69, 9.17) is 4.74 Å². The fourth-order valence-corrected chi connectivity index (χ4v) is 9.11. The Labute approximate surface area is 239 Å². The number of thioether (sulfide) groups is 1. The molecule has 1 aromatic rings. The highest BCUT2D eigenvalue weighted by molar-refractivity contribution is 7.98. The Morgan fingerprint density at radius 2 is 1.59 bits per heavy atom. The number of ether oxygens (including phenoxy) is 1. The van der Waals surface area contributed by atoms with Crippen molar-refractivity contribution in [2.45, 2.75) is 102 Å². The average Bonchev–Trinajstić information content (AvgIpc) is 2.93. The molecule has 0 unspecified atom stereocenters. The summed E-state index contributed by atoms with van der Waals surface area (Å²) in [7, 11) is 0. The van der Waals surface area contributed by atoms with Crippen molar-refractivity contribution in [1.29, 1.82) is 0 Å². The summed E-state index contributed by atoms with van der Waals surface area (Å²) >= 11 is 1.64. The van der Waals surface area contributed by atoms with Crippen LogP contribution >= 0.6 is 11.8 Å². The highest BCUT2D eigenvalue weighted by Gasteiger charge is 2.55. The fraction of sp³-hybridized carbons (Fsp3) is 0.727. The van der Waals surface area contributed by atoms with Gasteiger partial charge in [0.15, 0.2) is 12.4 Å². The minimum atomic E-state index is -0.698. The first kappa shape index (κ1) is 28.7. The van der Waals surface area contributed by atoms with Crippen LogP contribution in [-0.4, -0.2) is 42.3 Å². The van der Waals surface area contributed by atoms with Gasteiger partial charge in [-0.3, -0.25) is 9.59 Å². The Bertz CT molecular complexity index is 978. The summed E-state index contributed by atoms with van der Waals surface area (Å²) in [6, 6.07) is 7.21. The number of carbonyl (C=O) groups is 3. The number of ketones is 1. The molecule has 6 rings (SSSR count). The van der Waals surface area contributed by atoms with E-state index in [1.165, 1.54) is 63.4 Å². The zero-order valence-corrected chi connectivity index (χ0v) is 24.7. The maximum absolute atomic E-state index is 13.6. The van der Waals surface area contributed by atoms with Gasteiger partial charge in [-0.05, 0) is 118 Å². The molecule has 39 heavy (non-hydrogen) atoms. The monoisotopic (exact) mass is 553 g/mol. The van der Waals surface area contributed by atoms with Gasteiger partial charge in [-0.25, -0.2) is 4.79 Å². The second-order valence-electron chi connectivity index (χ2n) is 13.2. The number of nitrogens with one attached hydrogen (secondary N) is 1. The molecule has 5 aliphatic carbocycles. The molecule has 5 fully saturated rings. The van der Waals surface area contributed by atoms with Crippen molar-refractivity contribution in [3.05, 3.63) is 35.4 Å². The van der Waals surface area contributed by atoms with Crippen molar-refractivity contribution in [1.82, 2.24) is 5.32 Å². The summed E-state index contributed by atoms with van der Waals surface area (Å²) in [6.07, 6.45) is 16.9. The Balaban J connectivity index is 1.13. The van der Waals surface area contributed by atoms with Gasteiger partial charge in [0.1, 0.15) is 6.04 Å². The molecular weight excluding hydrogens is 506 g/mol. The van der Waals surface area contributed by atoms with Gasteiger partial charge in [-0.15, -0.1) is 0 Å². The van der Waals surface area contributed by atoms with Crippen LogP contribution in [0.1, 0.15) is 112 Å². The van der Waals surface area contributed by atoms with E-state index >= 15 is 0 Å². The van der Waals surface area contributed by atoms with Crippen LogP contribution in [0.2, 0.25) is 0 Å². The lowest BCUT2D eigenvalue weighted by Gasteiger charge is -2.55. The molecule has 1 atom stereocenters. The number of Topliss-reactive ketones (excluding diaryl/α,β-unsaturated/α-hetero) is 1. The molecule has 0 spiro atoms. The lowest BCUT2D eigenvalue weighted by atomic mass is 9.49. The molecule has 0 aliphatic heterocycles. The van der Waals surface area contributed by atoms with E-state index < -0.39 is 12.0 Å². The van der Waals surface area contributed by atoms with Crippen molar-refractivity contribution in [3.63, 3.8) is 0 Å². The number of hydrogen-bond donors (Lipinski definition) is 1. The van der Waals surface area contributed by atoms with Crippen molar-refractivity contribution in [2.75, 3.05) is 18.6 Å². The Morgan fingerprint density at radius 1 is 0.974 bits per heavy atom. The number of rotatable bonds is 12. The first-order chi connectivity index (χ1) is 18.9. The molecule has 1 aromatic carbocycles. The normalized spacial score (nSPS) is 32.0. The van der Waals surface area contributed by atoms with Crippen molar-refractivity contribution in [3.8, 4) is 0 Å². The van der Waals surface area contributed by atoms with E-state index in [1.807, 2.05) is 18.4 Å². The predicted molar refractivity (Wildman–Crippen MR) is 157 cm³/mol. The number of carbonyl (C=O) groups excluding carboxylic acids is 3. The Kier molecular flexibility index (Phi) is 9.41. The van der Waals surface area contributed by atoms with Gasteiger partial charge in [0, 0.05) is 11.0 Å². The zero-order chi connectivity index (χ0) is 27.4. The van der Waals surface area contributed by atoms with Gasteiger partial charge in [-0.1, -0.05) is 44.0 Å². The second-order valence-corrected chi connectivity index (χ2v) is 14.2. The highest BCUT2D eigenvalue weighted by Crippen LogP contribution is 2.60. The third-order valence-electron chi connectivity index (χ3n) is 10.3. The molecule has 0 heterocycles. The molecule has 1 amide bonds. The number of esters is 1. The van der Waals surface area contributed by atoms with E-state index in [9.17, 15) is 14.4 Å². The van der Waals surface area contributed by atoms with Gasteiger partial charge in [0.05, 0.1) is 0 Å². The number of benzene rings is 1. The van der Waals surface area contributed by atoms with E-state index in [1.54, 1.807) is 11.8 Å². The van der Waals surface area contributed by atoms with Crippen LogP contribution in [0.5, 0.6) is 0 Å². The first-order valence-corrected chi connectivity index (χ1v) is 16.9. The predicted octanol–water partition coefficient (Wildman–Crippen LogP) is 6.94. The quantitative estimate of drug-likeness (QED) is 0.224. The Hall–Kier alpha value is -1.82. The van der Waals surface area contributed by atoms with Crippen LogP contribution < -0.4 is 5.32 Å². The fourth-order valence-electron chi connectivity index (χ4n) is 8.64. The smallest absolute Gasteiger partial charge is 0.329 e. The molecule has 0 saturated heterocycles. The van der Waals surface area contributed by atoms with Crippen molar-refractivity contribution >= 4 is 29.4 Å².